The second kappa shape index (κ2) is 9.67. The van der Waals surface area contributed by atoms with Crippen LogP contribution in [0.15, 0.2) is 78.0 Å². The minimum Gasteiger partial charge on any atom is -0.331 e. The van der Waals surface area contributed by atoms with Crippen LogP contribution in [0.5, 0.6) is 0 Å². The van der Waals surface area contributed by atoms with E-state index in [0.29, 0.717) is 27.9 Å². The molecule has 2 aromatic carbocycles. The molecule has 2 N–H and O–H groups in total. The number of alkyl halides is 3. The second-order valence-electron chi connectivity index (χ2n) is 7.55. The third-order valence-corrected chi connectivity index (χ3v) is 5.49. The quantitative estimate of drug-likeness (QED) is 0.117. The van der Waals surface area contributed by atoms with Crippen molar-refractivity contribution < 1.29 is 22.4 Å². The maximum atomic E-state index is 13.3. The van der Waals surface area contributed by atoms with Crippen LogP contribution in [-0.4, -0.2) is 21.5 Å². The van der Waals surface area contributed by atoms with Gasteiger partial charge in [0.2, 0.25) is 5.78 Å². The highest BCUT2D eigenvalue weighted by Gasteiger charge is 2.33. The van der Waals surface area contributed by atoms with E-state index in [4.69, 9.17) is 12.2 Å². The van der Waals surface area contributed by atoms with Crippen molar-refractivity contribution in [2.45, 2.75) is 13.1 Å². The molecule has 4 aromatic rings. The highest BCUT2D eigenvalue weighted by Crippen LogP contribution is 2.34. The molecule has 5 nitrogen and oxygen atoms in total. The first-order valence-electron chi connectivity index (χ1n) is 10.3. The molecule has 178 valence electrons. The molecule has 0 saturated carbocycles. The normalized spacial score (nSPS) is 11.7. The van der Waals surface area contributed by atoms with Crippen LogP contribution in [-0.2, 0) is 6.18 Å². The van der Waals surface area contributed by atoms with E-state index in [1.54, 1.807) is 35.7 Å². The number of halogens is 4. The Morgan fingerprint density at radius 3 is 2.43 bits per heavy atom. The van der Waals surface area contributed by atoms with Crippen molar-refractivity contribution in [2.75, 3.05) is 5.32 Å². The van der Waals surface area contributed by atoms with Crippen LogP contribution in [0.25, 0.3) is 5.52 Å². The van der Waals surface area contributed by atoms with Crippen LogP contribution in [0.2, 0.25) is 0 Å². The van der Waals surface area contributed by atoms with Gasteiger partial charge in [0, 0.05) is 17.3 Å². The highest BCUT2D eigenvalue weighted by atomic mass is 32.1. The standard InChI is InChI=1S/C25H18F4N4OS/c1-15-18(14-30-32-24(35)31-20-7-3-2-6-19(20)25(27,28)29)21-8-4-5-13-33(21)22(15)23(34)16-9-11-17(26)12-10-16/h2-14H,1H3,(H2,31,32,35)/b30-14+. The van der Waals surface area contributed by atoms with E-state index in [1.807, 2.05) is 0 Å². The number of hydrogen-bond acceptors (Lipinski definition) is 3. The molecule has 0 amide bonds. The van der Waals surface area contributed by atoms with Gasteiger partial charge in [-0.2, -0.15) is 18.3 Å². The van der Waals surface area contributed by atoms with Gasteiger partial charge in [-0.3, -0.25) is 10.2 Å². The molecule has 0 atom stereocenters. The molecule has 2 aromatic heterocycles. The highest BCUT2D eigenvalue weighted by molar-refractivity contribution is 7.80. The molecule has 0 radical (unpaired) electrons. The number of ketones is 1. The van der Waals surface area contributed by atoms with Crippen LogP contribution in [0.4, 0.5) is 23.2 Å². The van der Waals surface area contributed by atoms with E-state index in [9.17, 15) is 22.4 Å². The van der Waals surface area contributed by atoms with Crippen molar-refractivity contribution in [1.29, 1.82) is 0 Å². The van der Waals surface area contributed by atoms with Crippen LogP contribution < -0.4 is 10.7 Å². The molecule has 0 aliphatic rings. The topological polar surface area (TPSA) is 57.9 Å². The van der Waals surface area contributed by atoms with Crippen molar-refractivity contribution in [3.8, 4) is 0 Å². The average Bonchev–Trinajstić information content (AvgIpc) is 3.10. The molecule has 4 rings (SSSR count). The summed E-state index contributed by atoms with van der Waals surface area (Å²) in [7, 11) is 0. The molecule has 10 heteroatoms. The second-order valence-corrected chi connectivity index (χ2v) is 7.95. The number of fused-ring (bicyclic) bond motifs is 1. The molecule has 0 aliphatic carbocycles. The number of rotatable bonds is 5. The van der Waals surface area contributed by atoms with Crippen LogP contribution in [0, 0.1) is 12.7 Å². The first-order chi connectivity index (χ1) is 16.7. The van der Waals surface area contributed by atoms with Crippen LogP contribution in [0.3, 0.4) is 0 Å². The Bertz CT molecular complexity index is 1440. The minimum absolute atomic E-state index is 0.137. The number of nitrogens with one attached hydrogen (secondary N) is 2. The van der Waals surface area contributed by atoms with E-state index in [0.717, 1.165) is 6.07 Å². The van der Waals surface area contributed by atoms with E-state index in [1.165, 1.54) is 48.7 Å². The summed E-state index contributed by atoms with van der Waals surface area (Å²) in [6, 6.07) is 15.6. The zero-order chi connectivity index (χ0) is 25.2. The summed E-state index contributed by atoms with van der Waals surface area (Å²) in [6.45, 7) is 1.75. The molecular formula is C25H18F4N4OS. The Labute approximate surface area is 203 Å². The molecule has 2 heterocycles. The predicted molar refractivity (Wildman–Crippen MR) is 130 cm³/mol. The SMILES string of the molecule is Cc1c(/C=N/NC(=S)Nc2ccccc2C(F)(F)F)c2ccccn2c1C(=O)c1ccc(F)cc1. The van der Waals surface area contributed by atoms with Gasteiger partial charge in [-0.1, -0.05) is 18.2 Å². The fourth-order valence-electron chi connectivity index (χ4n) is 3.68. The zero-order valence-electron chi connectivity index (χ0n) is 18.2. The molecule has 0 bridgehead atoms. The van der Waals surface area contributed by atoms with Gasteiger partial charge in [0.15, 0.2) is 5.11 Å². The summed E-state index contributed by atoms with van der Waals surface area (Å²) in [6.07, 6.45) is -1.38. The van der Waals surface area contributed by atoms with Gasteiger partial charge in [-0.05, 0) is 73.2 Å². The first kappa shape index (κ1) is 24.1. The third kappa shape index (κ3) is 5.07. The number of aromatic nitrogens is 1. The van der Waals surface area contributed by atoms with Crippen LogP contribution in [0.1, 0.15) is 32.7 Å². The van der Waals surface area contributed by atoms with E-state index < -0.39 is 17.6 Å². The number of carbonyl (C=O) groups is 1. The van der Waals surface area contributed by atoms with Gasteiger partial charge in [-0.15, -0.1) is 0 Å². The Morgan fingerprint density at radius 1 is 1.03 bits per heavy atom. The monoisotopic (exact) mass is 498 g/mol. The first-order valence-corrected chi connectivity index (χ1v) is 10.7. The third-order valence-electron chi connectivity index (χ3n) is 5.30. The Kier molecular flexibility index (Phi) is 6.65. The Balaban J connectivity index is 1.59. The maximum Gasteiger partial charge on any atom is 0.418 e. The molecule has 0 spiro atoms. The number of para-hydroxylation sites is 1. The zero-order valence-corrected chi connectivity index (χ0v) is 19.0. The number of pyridine rings is 1. The fourth-order valence-corrected chi connectivity index (χ4v) is 3.85. The lowest BCUT2D eigenvalue weighted by Gasteiger charge is -2.14. The van der Waals surface area contributed by atoms with Gasteiger partial charge in [-0.25, -0.2) is 4.39 Å². The summed E-state index contributed by atoms with van der Waals surface area (Å²) in [5, 5.41) is 6.43. The van der Waals surface area contributed by atoms with E-state index in [-0.39, 0.29) is 16.6 Å². The number of benzene rings is 2. The van der Waals surface area contributed by atoms with Crippen molar-refractivity contribution in [3.63, 3.8) is 0 Å². The molecule has 0 aliphatic heterocycles. The molecule has 0 fully saturated rings. The lowest BCUT2D eigenvalue weighted by Crippen LogP contribution is -2.25. The number of anilines is 1. The summed E-state index contributed by atoms with van der Waals surface area (Å²) in [5.41, 5.74) is 4.08. The largest absolute Gasteiger partial charge is 0.418 e. The fraction of sp³-hybridized carbons (Fsp3) is 0.0800. The Hall–Kier alpha value is -4.05. The van der Waals surface area contributed by atoms with Gasteiger partial charge >= 0.3 is 6.18 Å². The summed E-state index contributed by atoms with van der Waals surface area (Å²) < 4.78 is 54.6. The molecule has 35 heavy (non-hydrogen) atoms. The number of thiocarbonyl (C=S) groups is 1. The van der Waals surface area contributed by atoms with Crippen molar-refractivity contribution in [2.24, 2.45) is 5.10 Å². The summed E-state index contributed by atoms with van der Waals surface area (Å²) >= 11 is 5.09. The van der Waals surface area contributed by atoms with Crippen molar-refractivity contribution in [1.82, 2.24) is 9.83 Å². The lowest BCUT2D eigenvalue weighted by molar-refractivity contribution is -0.136. The number of hydrogen-bond donors (Lipinski definition) is 2. The van der Waals surface area contributed by atoms with Gasteiger partial charge < -0.3 is 9.72 Å². The van der Waals surface area contributed by atoms with Gasteiger partial charge in [0.25, 0.3) is 0 Å². The van der Waals surface area contributed by atoms with Crippen LogP contribution >= 0.6 is 12.2 Å². The summed E-state index contributed by atoms with van der Waals surface area (Å²) in [5.74, 6) is -0.739. The van der Waals surface area contributed by atoms with Gasteiger partial charge in [0.05, 0.1) is 28.7 Å². The van der Waals surface area contributed by atoms with E-state index in [2.05, 4.69) is 15.8 Å². The number of carbonyl (C=O) groups excluding carboxylic acids is 1. The Morgan fingerprint density at radius 2 is 1.71 bits per heavy atom. The van der Waals surface area contributed by atoms with E-state index >= 15 is 0 Å². The van der Waals surface area contributed by atoms with Gasteiger partial charge in [0.1, 0.15) is 5.82 Å². The molecular weight excluding hydrogens is 480 g/mol. The smallest absolute Gasteiger partial charge is 0.331 e. The minimum atomic E-state index is -4.54. The molecule has 0 unspecified atom stereocenters. The number of hydrazone groups is 1. The summed E-state index contributed by atoms with van der Waals surface area (Å²) in [4.78, 5) is 13.2. The van der Waals surface area contributed by atoms with Crippen molar-refractivity contribution in [3.05, 3.63) is 107 Å². The average molecular weight is 499 g/mol. The molecule has 0 saturated heterocycles. The van der Waals surface area contributed by atoms with Crippen molar-refractivity contribution >= 4 is 40.5 Å². The predicted octanol–water partition coefficient (Wildman–Crippen LogP) is 5.96. The number of nitrogens with zero attached hydrogens (tertiary/aromatic N) is 2. The maximum absolute atomic E-state index is 13.3. The lowest BCUT2D eigenvalue weighted by atomic mass is 10.0.